The third-order valence-electron chi connectivity index (χ3n) is 3.66. The highest BCUT2D eigenvalue weighted by molar-refractivity contribution is 5.89. The van der Waals surface area contributed by atoms with Crippen molar-refractivity contribution in [3.8, 4) is 0 Å². The lowest BCUT2D eigenvalue weighted by Crippen LogP contribution is -2.30. The van der Waals surface area contributed by atoms with Crippen LogP contribution in [0.2, 0.25) is 0 Å². The topological polar surface area (TPSA) is 50.2 Å². The Morgan fingerprint density at radius 3 is 2.60 bits per heavy atom. The Labute approximate surface area is 114 Å². The number of fused-ring (bicyclic) bond motifs is 1. The van der Waals surface area contributed by atoms with E-state index in [2.05, 4.69) is 4.98 Å². The third-order valence-corrected chi connectivity index (χ3v) is 3.66. The van der Waals surface area contributed by atoms with Crippen LogP contribution in [-0.4, -0.2) is 22.2 Å². The van der Waals surface area contributed by atoms with Gasteiger partial charge in [-0.1, -0.05) is 13.8 Å². The normalized spacial score (nSPS) is 19.0. The van der Waals surface area contributed by atoms with Gasteiger partial charge in [0, 0.05) is 5.69 Å². The largest absolute Gasteiger partial charge is 0.478 e. The van der Waals surface area contributed by atoms with E-state index >= 15 is 0 Å². The summed E-state index contributed by atoms with van der Waals surface area (Å²) < 4.78 is 38.3. The number of aryl methyl sites for hydroxylation is 1. The summed E-state index contributed by atoms with van der Waals surface area (Å²) >= 11 is 0. The molecule has 0 saturated heterocycles. The van der Waals surface area contributed by atoms with E-state index in [-0.39, 0.29) is 30.7 Å². The van der Waals surface area contributed by atoms with E-state index in [1.54, 1.807) is 0 Å². The monoisotopic (exact) mass is 287 g/mol. The Morgan fingerprint density at radius 1 is 1.45 bits per heavy atom. The summed E-state index contributed by atoms with van der Waals surface area (Å²) in [6.45, 7) is 3.64. The second-order valence-electron chi connectivity index (χ2n) is 5.47. The molecule has 1 aromatic heterocycles. The SMILES string of the molecule is CC(C)c1nc2c(cc1C(=O)O)CC(C(F)(F)F)CC2. The number of halogens is 3. The van der Waals surface area contributed by atoms with E-state index < -0.39 is 18.1 Å². The molecular formula is C14H16F3NO2. The molecule has 0 spiro atoms. The van der Waals surface area contributed by atoms with Crippen LogP contribution in [0.3, 0.4) is 0 Å². The molecule has 0 bridgehead atoms. The number of carboxylic acids is 1. The molecular weight excluding hydrogens is 271 g/mol. The summed E-state index contributed by atoms with van der Waals surface area (Å²) in [7, 11) is 0. The van der Waals surface area contributed by atoms with Crippen molar-refractivity contribution in [1.29, 1.82) is 0 Å². The maximum Gasteiger partial charge on any atom is 0.392 e. The fourth-order valence-corrected chi connectivity index (χ4v) is 2.57. The van der Waals surface area contributed by atoms with Crippen LogP contribution in [0.1, 0.15) is 53.5 Å². The van der Waals surface area contributed by atoms with E-state index in [0.29, 0.717) is 17.0 Å². The first-order chi connectivity index (χ1) is 9.20. The van der Waals surface area contributed by atoms with E-state index in [9.17, 15) is 23.1 Å². The molecule has 0 radical (unpaired) electrons. The zero-order valence-corrected chi connectivity index (χ0v) is 11.3. The minimum Gasteiger partial charge on any atom is -0.478 e. The Morgan fingerprint density at radius 2 is 2.10 bits per heavy atom. The third kappa shape index (κ3) is 2.78. The summed E-state index contributed by atoms with van der Waals surface area (Å²) in [4.78, 5) is 15.5. The van der Waals surface area contributed by atoms with E-state index in [4.69, 9.17) is 0 Å². The quantitative estimate of drug-likeness (QED) is 0.904. The predicted octanol–water partition coefficient (Wildman–Crippen LogP) is 3.57. The highest BCUT2D eigenvalue weighted by Gasteiger charge is 2.41. The van der Waals surface area contributed by atoms with Gasteiger partial charge < -0.3 is 5.11 Å². The van der Waals surface area contributed by atoms with Crippen LogP contribution >= 0.6 is 0 Å². The Hall–Kier alpha value is -1.59. The number of hydrogen-bond acceptors (Lipinski definition) is 2. The molecule has 1 unspecified atom stereocenters. The molecule has 0 fully saturated rings. The average molecular weight is 287 g/mol. The predicted molar refractivity (Wildman–Crippen MR) is 66.9 cm³/mol. The number of aromatic nitrogens is 1. The first-order valence-corrected chi connectivity index (χ1v) is 6.52. The van der Waals surface area contributed by atoms with Crippen LogP contribution < -0.4 is 0 Å². The highest BCUT2D eigenvalue weighted by Crippen LogP contribution is 2.37. The lowest BCUT2D eigenvalue weighted by molar-refractivity contribution is -0.177. The van der Waals surface area contributed by atoms with Crippen LogP contribution in [0.15, 0.2) is 6.07 Å². The molecule has 3 nitrogen and oxygen atoms in total. The number of aromatic carboxylic acids is 1. The van der Waals surface area contributed by atoms with Crippen molar-refractivity contribution in [2.75, 3.05) is 0 Å². The molecule has 0 aliphatic heterocycles. The standard InChI is InChI=1S/C14H16F3NO2/c1-7(2)12-10(13(19)20)6-8-5-9(14(15,16)17)3-4-11(8)18-12/h6-7,9H,3-5H2,1-2H3,(H,19,20). The van der Waals surface area contributed by atoms with Gasteiger partial charge in [0.1, 0.15) is 0 Å². The minimum atomic E-state index is -4.24. The van der Waals surface area contributed by atoms with Crippen molar-refractivity contribution in [1.82, 2.24) is 4.98 Å². The van der Waals surface area contributed by atoms with Crippen molar-refractivity contribution in [3.63, 3.8) is 0 Å². The second-order valence-corrected chi connectivity index (χ2v) is 5.47. The average Bonchev–Trinajstić information content (AvgIpc) is 2.35. The summed E-state index contributed by atoms with van der Waals surface area (Å²) in [6.07, 6.45) is -4.14. The fraction of sp³-hybridized carbons (Fsp3) is 0.571. The Kier molecular flexibility index (Phi) is 3.75. The molecule has 20 heavy (non-hydrogen) atoms. The minimum absolute atomic E-state index is 0.0153. The molecule has 1 aromatic rings. The maximum absolute atomic E-state index is 12.8. The van der Waals surface area contributed by atoms with Gasteiger partial charge in [0.25, 0.3) is 0 Å². The van der Waals surface area contributed by atoms with E-state index in [1.165, 1.54) is 6.07 Å². The van der Waals surface area contributed by atoms with Crippen molar-refractivity contribution in [2.24, 2.45) is 5.92 Å². The van der Waals surface area contributed by atoms with Crippen molar-refractivity contribution >= 4 is 5.97 Å². The van der Waals surface area contributed by atoms with Gasteiger partial charge in [-0.05, 0) is 36.8 Å². The van der Waals surface area contributed by atoms with Gasteiger partial charge in [-0.25, -0.2) is 4.79 Å². The van der Waals surface area contributed by atoms with Gasteiger partial charge in [-0.15, -0.1) is 0 Å². The molecule has 0 saturated carbocycles. The van der Waals surface area contributed by atoms with Gasteiger partial charge >= 0.3 is 12.1 Å². The molecule has 1 N–H and O–H groups in total. The molecule has 2 rings (SSSR count). The lowest BCUT2D eigenvalue weighted by atomic mass is 9.84. The maximum atomic E-state index is 12.8. The molecule has 1 heterocycles. The van der Waals surface area contributed by atoms with Crippen LogP contribution in [-0.2, 0) is 12.8 Å². The summed E-state index contributed by atoms with van der Waals surface area (Å²) in [6, 6.07) is 1.37. The number of carbonyl (C=O) groups is 1. The van der Waals surface area contributed by atoms with Crippen molar-refractivity contribution < 1.29 is 23.1 Å². The molecule has 1 aliphatic carbocycles. The van der Waals surface area contributed by atoms with Crippen LogP contribution in [0.4, 0.5) is 13.2 Å². The molecule has 0 aromatic carbocycles. The number of carboxylic acid groups (broad SMARTS) is 1. The first kappa shape index (κ1) is 14.8. The van der Waals surface area contributed by atoms with Crippen molar-refractivity contribution in [2.45, 2.75) is 45.2 Å². The molecule has 6 heteroatoms. The number of pyridine rings is 1. The zero-order valence-electron chi connectivity index (χ0n) is 11.3. The number of nitrogens with zero attached hydrogens (tertiary/aromatic N) is 1. The molecule has 110 valence electrons. The number of hydrogen-bond donors (Lipinski definition) is 1. The Balaban J connectivity index is 2.44. The van der Waals surface area contributed by atoms with Gasteiger partial charge in [-0.3, -0.25) is 4.98 Å². The molecule has 1 atom stereocenters. The molecule has 1 aliphatic rings. The van der Waals surface area contributed by atoms with E-state index in [0.717, 1.165) is 0 Å². The smallest absolute Gasteiger partial charge is 0.392 e. The number of rotatable bonds is 2. The van der Waals surface area contributed by atoms with Gasteiger partial charge in [0.15, 0.2) is 0 Å². The fourth-order valence-electron chi connectivity index (χ4n) is 2.57. The number of alkyl halides is 3. The van der Waals surface area contributed by atoms with E-state index in [1.807, 2.05) is 13.8 Å². The highest BCUT2D eigenvalue weighted by atomic mass is 19.4. The van der Waals surface area contributed by atoms with Gasteiger partial charge in [-0.2, -0.15) is 13.2 Å². The second kappa shape index (κ2) is 5.07. The summed E-state index contributed by atoms with van der Waals surface area (Å²) in [5.41, 5.74) is 1.49. The summed E-state index contributed by atoms with van der Waals surface area (Å²) in [5.74, 6) is -2.62. The van der Waals surface area contributed by atoms with Gasteiger partial charge in [0.05, 0.1) is 17.2 Å². The molecule has 0 amide bonds. The first-order valence-electron chi connectivity index (χ1n) is 6.52. The Bertz CT molecular complexity index is 538. The lowest BCUT2D eigenvalue weighted by Gasteiger charge is -2.27. The zero-order chi connectivity index (χ0) is 15.1. The van der Waals surface area contributed by atoms with Crippen molar-refractivity contribution in [3.05, 3.63) is 28.6 Å². The van der Waals surface area contributed by atoms with Crippen LogP contribution in [0.25, 0.3) is 0 Å². The summed E-state index contributed by atoms with van der Waals surface area (Å²) in [5, 5.41) is 9.18. The van der Waals surface area contributed by atoms with Crippen LogP contribution in [0.5, 0.6) is 0 Å². The van der Waals surface area contributed by atoms with Gasteiger partial charge in [0.2, 0.25) is 0 Å². The van der Waals surface area contributed by atoms with Crippen LogP contribution in [0, 0.1) is 5.92 Å².